The summed E-state index contributed by atoms with van der Waals surface area (Å²) >= 11 is 0. The molecule has 0 aromatic heterocycles. The molecule has 0 saturated carbocycles. The molecule has 29 heavy (non-hydrogen) atoms. The third-order valence-electron chi connectivity index (χ3n) is 3.52. The molecule has 0 rings (SSSR count). The molecule has 0 aliphatic carbocycles. The highest BCUT2D eigenvalue weighted by molar-refractivity contribution is 5.96. The molecule has 3 unspecified atom stereocenters. The fraction of sp³-hybridized carbons (Fsp3) is 0.625. The third kappa shape index (κ3) is 11.3. The number of carboxylic acid groups (broad SMARTS) is 2. The summed E-state index contributed by atoms with van der Waals surface area (Å²) in [7, 11) is 0. The molecule has 164 valence electrons. The number of nitrogens with two attached hydrogens (primary N) is 2. The maximum Gasteiger partial charge on any atom is 0.322 e. The van der Waals surface area contributed by atoms with Crippen molar-refractivity contribution in [3.8, 4) is 0 Å². The largest absolute Gasteiger partial charge is 0.481 e. The monoisotopic (exact) mass is 417 g/mol. The zero-order valence-corrected chi connectivity index (χ0v) is 16.1. The Hall–Kier alpha value is -3.22. The summed E-state index contributed by atoms with van der Waals surface area (Å²) < 4.78 is 0. The van der Waals surface area contributed by atoms with Crippen molar-refractivity contribution < 1.29 is 39.0 Å². The van der Waals surface area contributed by atoms with Crippen LogP contribution in [0.3, 0.4) is 0 Å². The standard InChI is InChI=1S/C16H27N5O8/c1-7(2)3-9(15(28)19-6-13(25)26)21-16(29)10(5-11(18)22)20-14(27)8(17)4-12(23)24/h7-10H,3-6,17H2,1-2H3,(H2,18,22)(H,19,28)(H,20,27)(H,21,29)(H,23,24)(H,25,26). The van der Waals surface area contributed by atoms with Crippen molar-refractivity contribution in [3.63, 3.8) is 0 Å². The topological polar surface area (TPSA) is 231 Å². The predicted octanol–water partition coefficient (Wildman–Crippen LogP) is -3.12. The van der Waals surface area contributed by atoms with Crippen LogP contribution in [0.5, 0.6) is 0 Å². The number of rotatable bonds is 13. The molecule has 0 aliphatic heterocycles. The van der Waals surface area contributed by atoms with E-state index < -0.39 is 73.1 Å². The summed E-state index contributed by atoms with van der Waals surface area (Å²) in [6, 6.07) is -4.11. The van der Waals surface area contributed by atoms with Crippen molar-refractivity contribution in [1.29, 1.82) is 0 Å². The quantitative estimate of drug-likeness (QED) is 0.160. The second kappa shape index (κ2) is 12.3. The summed E-state index contributed by atoms with van der Waals surface area (Å²) in [5, 5.41) is 23.9. The van der Waals surface area contributed by atoms with Crippen LogP contribution in [-0.2, 0) is 28.8 Å². The summed E-state index contributed by atoms with van der Waals surface area (Å²) in [4.78, 5) is 69.1. The van der Waals surface area contributed by atoms with Crippen molar-refractivity contribution in [2.24, 2.45) is 17.4 Å². The van der Waals surface area contributed by atoms with Crippen molar-refractivity contribution in [2.45, 2.75) is 51.2 Å². The van der Waals surface area contributed by atoms with Gasteiger partial charge in [0.15, 0.2) is 0 Å². The summed E-state index contributed by atoms with van der Waals surface area (Å²) in [6.07, 6.45) is -1.18. The van der Waals surface area contributed by atoms with Crippen molar-refractivity contribution in [1.82, 2.24) is 16.0 Å². The Bertz CT molecular complexity index is 651. The minimum Gasteiger partial charge on any atom is -0.481 e. The molecule has 0 fully saturated rings. The van der Waals surface area contributed by atoms with Crippen LogP contribution < -0.4 is 27.4 Å². The highest BCUT2D eigenvalue weighted by atomic mass is 16.4. The van der Waals surface area contributed by atoms with Gasteiger partial charge in [-0.3, -0.25) is 28.8 Å². The van der Waals surface area contributed by atoms with E-state index in [0.29, 0.717) is 0 Å². The van der Waals surface area contributed by atoms with E-state index in [4.69, 9.17) is 21.7 Å². The number of amides is 4. The van der Waals surface area contributed by atoms with E-state index in [9.17, 15) is 28.8 Å². The molecular weight excluding hydrogens is 390 g/mol. The van der Waals surface area contributed by atoms with Crippen LogP contribution in [0.15, 0.2) is 0 Å². The lowest BCUT2D eigenvalue weighted by Gasteiger charge is -2.24. The van der Waals surface area contributed by atoms with E-state index in [0.717, 1.165) is 0 Å². The fourth-order valence-electron chi connectivity index (χ4n) is 2.23. The van der Waals surface area contributed by atoms with Gasteiger partial charge in [0.25, 0.3) is 0 Å². The molecule has 3 atom stereocenters. The van der Waals surface area contributed by atoms with Crippen LogP contribution in [0.4, 0.5) is 0 Å². The van der Waals surface area contributed by atoms with Gasteiger partial charge in [-0.25, -0.2) is 0 Å². The van der Waals surface area contributed by atoms with E-state index in [1.165, 1.54) is 0 Å². The van der Waals surface area contributed by atoms with E-state index in [1.807, 2.05) is 0 Å². The third-order valence-corrected chi connectivity index (χ3v) is 3.52. The lowest BCUT2D eigenvalue weighted by Crippen LogP contribution is -2.57. The van der Waals surface area contributed by atoms with E-state index >= 15 is 0 Å². The molecule has 0 radical (unpaired) electrons. The lowest BCUT2D eigenvalue weighted by molar-refractivity contribution is -0.140. The smallest absolute Gasteiger partial charge is 0.322 e. The van der Waals surface area contributed by atoms with Crippen LogP contribution >= 0.6 is 0 Å². The molecule has 0 spiro atoms. The second-order valence-electron chi connectivity index (χ2n) is 6.74. The van der Waals surface area contributed by atoms with Gasteiger partial charge in [0, 0.05) is 0 Å². The number of carbonyl (C=O) groups excluding carboxylic acids is 4. The number of carboxylic acids is 2. The molecule has 0 aromatic carbocycles. The Labute approximate surface area is 166 Å². The molecule has 0 aromatic rings. The first kappa shape index (κ1) is 25.8. The lowest BCUT2D eigenvalue weighted by atomic mass is 10.0. The number of aliphatic carboxylic acids is 2. The van der Waals surface area contributed by atoms with Crippen LogP contribution in [0, 0.1) is 5.92 Å². The van der Waals surface area contributed by atoms with Gasteiger partial charge in [-0.15, -0.1) is 0 Å². The van der Waals surface area contributed by atoms with Gasteiger partial charge < -0.3 is 37.6 Å². The predicted molar refractivity (Wildman–Crippen MR) is 98.0 cm³/mol. The molecule has 13 nitrogen and oxygen atoms in total. The van der Waals surface area contributed by atoms with Gasteiger partial charge in [0.05, 0.1) is 18.9 Å². The van der Waals surface area contributed by atoms with E-state index in [-0.39, 0.29) is 12.3 Å². The Morgan fingerprint density at radius 2 is 1.38 bits per heavy atom. The number of primary amides is 1. The minimum absolute atomic E-state index is 0.0657. The van der Waals surface area contributed by atoms with Crippen molar-refractivity contribution >= 4 is 35.6 Å². The zero-order chi connectivity index (χ0) is 22.7. The van der Waals surface area contributed by atoms with Crippen LogP contribution in [-0.4, -0.2) is 70.5 Å². The van der Waals surface area contributed by atoms with Crippen LogP contribution in [0.1, 0.15) is 33.1 Å². The first-order chi connectivity index (χ1) is 13.3. The first-order valence-electron chi connectivity index (χ1n) is 8.69. The maximum absolute atomic E-state index is 12.5. The Morgan fingerprint density at radius 3 is 1.83 bits per heavy atom. The summed E-state index contributed by atoms with van der Waals surface area (Å²) in [6.45, 7) is 2.86. The zero-order valence-electron chi connectivity index (χ0n) is 16.1. The van der Waals surface area contributed by atoms with Gasteiger partial charge in [0.1, 0.15) is 18.6 Å². The van der Waals surface area contributed by atoms with Crippen LogP contribution in [0.25, 0.3) is 0 Å². The Balaban J connectivity index is 5.28. The summed E-state index contributed by atoms with van der Waals surface area (Å²) in [5.41, 5.74) is 10.5. The molecule has 13 heteroatoms. The fourth-order valence-corrected chi connectivity index (χ4v) is 2.23. The highest BCUT2D eigenvalue weighted by Gasteiger charge is 2.30. The number of hydrogen-bond acceptors (Lipinski definition) is 7. The maximum atomic E-state index is 12.5. The highest BCUT2D eigenvalue weighted by Crippen LogP contribution is 2.06. The molecule has 0 aliphatic rings. The van der Waals surface area contributed by atoms with Gasteiger partial charge in [0.2, 0.25) is 23.6 Å². The molecule has 0 bridgehead atoms. The minimum atomic E-state index is -1.50. The number of nitrogens with one attached hydrogen (secondary N) is 3. The van der Waals surface area contributed by atoms with E-state index in [2.05, 4.69) is 16.0 Å². The number of carbonyl (C=O) groups is 6. The van der Waals surface area contributed by atoms with Gasteiger partial charge in [-0.1, -0.05) is 13.8 Å². The molecule has 0 saturated heterocycles. The summed E-state index contributed by atoms with van der Waals surface area (Å²) in [5.74, 6) is -6.31. The second-order valence-corrected chi connectivity index (χ2v) is 6.74. The van der Waals surface area contributed by atoms with Crippen molar-refractivity contribution in [2.75, 3.05) is 6.54 Å². The molecular formula is C16H27N5O8. The Kier molecular flexibility index (Phi) is 10.9. The van der Waals surface area contributed by atoms with Crippen molar-refractivity contribution in [3.05, 3.63) is 0 Å². The van der Waals surface area contributed by atoms with Gasteiger partial charge in [-0.05, 0) is 12.3 Å². The average Bonchev–Trinajstić information content (AvgIpc) is 2.56. The van der Waals surface area contributed by atoms with E-state index in [1.54, 1.807) is 13.8 Å². The SMILES string of the molecule is CC(C)CC(NC(=O)C(CC(N)=O)NC(=O)C(N)CC(=O)O)C(=O)NCC(=O)O. The molecule has 9 N–H and O–H groups in total. The molecule has 0 heterocycles. The van der Waals surface area contributed by atoms with Gasteiger partial charge in [-0.2, -0.15) is 0 Å². The van der Waals surface area contributed by atoms with Crippen LogP contribution in [0.2, 0.25) is 0 Å². The average molecular weight is 417 g/mol. The number of hydrogen-bond donors (Lipinski definition) is 7. The molecule has 4 amide bonds. The normalized spacial score (nSPS) is 13.7. The first-order valence-corrected chi connectivity index (χ1v) is 8.69. The van der Waals surface area contributed by atoms with Gasteiger partial charge >= 0.3 is 11.9 Å². The Morgan fingerprint density at radius 1 is 0.828 bits per heavy atom.